The standard InChI is InChI=1S/C18H17F3N6/c19-18(20,21)12-5-7-13(8-6-12)23-16-4-2-1-3-15(16)17-24-26-27(25-17)14-9-10-22-11-14/h1-8,14,22-23H,9-11H2. The first-order valence-electron chi connectivity index (χ1n) is 8.54. The molecule has 0 saturated carbocycles. The molecule has 1 aromatic heterocycles. The molecule has 0 radical (unpaired) electrons. The first-order chi connectivity index (χ1) is 13.0. The summed E-state index contributed by atoms with van der Waals surface area (Å²) >= 11 is 0. The molecule has 0 aliphatic carbocycles. The molecule has 2 N–H and O–H groups in total. The molecule has 1 aliphatic heterocycles. The highest BCUT2D eigenvalue weighted by Gasteiger charge is 2.30. The van der Waals surface area contributed by atoms with Gasteiger partial charge < -0.3 is 10.6 Å². The van der Waals surface area contributed by atoms with Gasteiger partial charge in [0.25, 0.3) is 0 Å². The minimum Gasteiger partial charge on any atom is -0.355 e. The van der Waals surface area contributed by atoms with Crippen molar-refractivity contribution >= 4 is 11.4 Å². The number of nitrogens with zero attached hydrogens (tertiary/aromatic N) is 4. The maximum atomic E-state index is 12.7. The van der Waals surface area contributed by atoms with E-state index in [2.05, 4.69) is 26.0 Å². The minimum atomic E-state index is -4.35. The molecule has 6 nitrogen and oxygen atoms in total. The van der Waals surface area contributed by atoms with Gasteiger partial charge in [0.2, 0.25) is 5.82 Å². The average molecular weight is 374 g/mol. The Hall–Kier alpha value is -2.94. The van der Waals surface area contributed by atoms with Gasteiger partial charge in [-0.25, -0.2) is 0 Å². The lowest BCUT2D eigenvalue weighted by Crippen LogP contribution is -2.15. The summed E-state index contributed by atoms with van der Waals surface area (Å²) in [6.45, 7) is 1.73. The zero-order chi connectivity index (χ0) is 18.9. The van der Waals surface area contributed by atoms with Gasteiger partial charge in [-0.05, 0) is 54.6 Å². The molecule has 1 saturated heterocycles. The number of alkyl halides is 3. The molecule has 1 fully saturated rings. The lowest BCUT2D eigenvalue weighted by atomic mass is 10.1. The number of rotatable bonds is 4. The van der Waals surface area contributed by atoms with E-state index in [1.54, 1.807) is 4.80 Å². The Balaban J connectivity index is 1.58. The van der Waals surface area contributed by atoms with Crippen molar-refractivity contribution in [1.82, 2.24) is 25.5 Å². The summed E-state index contributed by atoms with van der Waals surface area (Å²) in [6.07, 6.45) is -3.41. The van der Waals surface area contributed by atoms with Gasteiger partial charge in [0.05, 0.1) is 11.6 Å². The van der Waals surface area contributed by atoms with Crippen LogP contribution in [0.5, 0.6) is 0 Å². The van der Waals surface area contributed by atoms with Crippen LogP contribution in [-0.2, 0) is 6.18 Å². The molecule has 27 heavy (non-hydrogen) atoms. The lowest BCUT2D eigenvalue weighted by Gasteiger charge is -2.11. The summed E-state index contributed by atoms with van der Waals surface area (Å²) < 4.78 is 38.1. The molecular formula is C18H17F3N6. The van der Waals surface area contributed by atoms with Crippen LogP contribution in [0.3, 0.4) is 0 Å². The second kappa shape index (κ2) is 6.99. The predicted molar refractivity (Wildman–Crippen MR) is 94.5 cm³/mol. The van der Waals surface area contributed by atoms with E-state index >= 15 is 0 Å². The Labute approximate surface area is 153 Å². The first kappa shape index (κ1) is 17.5. The van der Waals surface area contributed by atoms with Crippen molar-refractivity contribution in [1.29, 1.82) is 0 Å². The largest absolute Gasteiger partial charge is 0.416 e. The molecule has 0 spiro atoms. The number of para-hydroxylation sites is 1. The third-order valence-corrected chi connectivity index (χ3v) is 4.45. The van der Waals surface area contributed by atoms with E-state index in [1.807, 2.05) is 24.3 Å². The van der Waals surface area contributed by atoms with Crippen LogP contribution in [0.4, 0.5) is 24.5 Å². The first-order valence-corrected chi connectivity index (χ1v) is 8.54. The molecule has 9 heteroatoms. The average Bonchev–Trinajstić information content (AvgIpc) is 3.34. The van der Waals surface area contributed by atoms with Crippen LogP contribution >= 0.6 is 0 Å². The second-order valence-electron chi connectivity index (χ2n) is 6.33. The number of anilines is 2. The van der Waals surface area contributed by atoms with Gasteiger partial charge >= 0.3 is 6.18 Å². The van der Waals surface area contributed by atoms with E-state index in [9.17, 15) is 13.2 Å². The SMILES string of the molecule is FC(F)(F)c1ccc(Nc2ccccc2-c2nnn(C3CCNC3)n2)cc1. The van der Waals surface area contributed by atoms with E-state index < -0.39 is 11.7 Å². The van der Waals surface area contributed by atoms with Gasteiger partial charge in [-0.15, -0.1) is 10.2 Å². The quantitative estimate of drug-likeness (QED) is 0.730. The Morgan fingerprint density at radius 1 is 1.07 bits per heavy atom. The van der Waals surface area contributed by atoms with Crippen molar-refractivity contribution in [3.63, 3.8) is 0 Å². The van der Waals surface area contributed by atoms with Gasteiger partial charge in [-0.2, -0.15) is 18.0 Å². The smallest absolute Gasteiger partial charge is 0.355 e. The highest BCUT2D eigenvalue weighted by molar-refractivity contribution is 5.77. The van der Waals surface area contributed by atoms with Gasteiger partial charge in [-0.3, -0.25) is 0 Å². The van der Waals surface area contributed by atoms with E-state index in [-0.39, 0.29) is 6.04 Å². The number of hydrogen-bond donors (Lipinski definition) is 2. The van der Waals surface area contributed by atoms with Crippen molar-refractivity contribution in [3.05, 3.63) is 54.1 Å². The fourth-order valence-electron chi connectivity index (χ4n) is 3.01. The molecule has 140 valence electrons. The Morgan fingerprint density at radius 3 is 2.56 bits per heavy atom. The molecule has 1 aliphatic rings. The van der Waals surface area contributed by atoms with Crippen LogP contribution in [0, 0.1) is 0 Å². The lowest BCUT2D eigenvalue weighted by molar-refractivity contribution is -0.137. The Kier molecular flexibility index (Phi) is 4.53. The molecule has 1 unspecified atom stereocenters. The van der Waals surface area contributed by atoms with Crippen LogP contribution in [0.1, 0.15) is 18.0 Å². The Morgan fingerprint density at radius 2 is 1.85 bits per heavy atom. The maximum Gasteiger partial charge on any atom is 0.416 e. The second-order valence-corrected chi connectivity index (χ2v) is 6.33. The molecule has 2 aromatic carbocycles. The fraction of sp³-hybridized carbons (Fsp3) is 0.278. The highest BCUT2D eigenvalue weighted by atomic mass is 19.4. The van der Waals surface area contributed by atoms with Crippen LogP contribution < -0.4 is 10.6 Å². The Bertz CT molecular complexity index is 913. The number of hydrogen-bond acceptors (Lipinski definition) is 5. The summed E-state index contributed by atoms with van der Waals surface area (Å²) in [5.74, 6) is 0.469. The van der Waals surface area contributed by atoms with E-state index in [0.717, 1.165) is 37.2 Å². The normalized spacial score (nSPS) is 17.2. The number of tetrazole rings is 1. The molecule has 4 rings (SSSR count). The summed E-state index contributed by atoms with van der Waals surface area (Å²) in [6, 6.07) is 12.4. The fourth-order valence-corrected chi connectivity index (χ4v) is 3.01. The van der Waals surface area contributed by atoms with E-state index in [0.29, 0.717) is 17.2 Å². The number of benzene rings is 2. The van der Waals surface area contributed by atoms with Crippen molar-refractivity contribution in [2.24, 2.45) is 0 Å². The van der Waals surface area contributed by atoms with Gasteiger partial charge in [0.1, 0.15) is 0 Å². The topological polar surface area (TPSA) is 67.7 Å². The third kappa shape index (κ3) is 3.77. The van der Waals surface area contributed by atoms with E-state index in [4.69, 9.17) is 0 Å². The maximum absolute atomic E-state index is 12.7. The van der Waals surface area contributed by atoms with Crippen molar-refractivity contribution in [2.75, 3.05) is 18.4 Å². The zero-order valence-electron chi connectivity index (χ0n) is 14.2. The van der Waals surface area contributed by atoms with Gasteiger partial charge in [0.15, 0.2) is 0 Å². The van der Waals surface area contributed by atoms with Crippen molar-refractivity contribution in [3.8, 4) is 11.4 Å². The van der Waals surface area contributed by atoms with Crippen LogP contribution in [0.15, 0.2) is 48.5 Å². The molecule has 0 amide bonds. The number of nitrogens with one attached hydrogen (secondary N) is 2. The summed E-state index contributed by atoms with van der Waals surface area (Å²) in [4.78, 5) is 1.62. The molecule has 0 bridgehead atoms. The minimum absolute atomic E-state index is 0.182. The summed E-state index contributed by atoms with van der Waals surface area (Å²) in [5, 5.41) is 19.2. The van der Waals surface area contributed by atoms with Crippen LogP contribution in [-0.4, -0.2) is 33.3 Å². The number of halogens is 3. The monoisotopic (exact) mass is 374 g/mol. The van der Waals surface area contributed by atoms with Gasteiger partial charge in [-0.1, -0.05) is 12.1 Å². The number of aromatic nitrogens is 4. The van der Waals surface area contributed by atoms with E-state index in [1.165, 1.54) is 12.1 Å². The molecule has 2 heterocycles. The van der Waals surface area contributed by atoms with Crippen LogP contribution in [0.2, 0.25) is 0 Å². The summed E-state index contributed by atoms with van der Waals surface area (Å²) in [7, 11) is 0. The molecule has 3 aromatic rings. The summed E-state index contributed by atoms with van der Waals surface area (Å²) in [5.41, 5.74) is 1.29. The van der Waals surface area contributed by atoms with Crippen molar-refractivity contribution < 1.29 is 13.2 Å². The predicted octanol–water partition coefficient (Wildman–Crippen LogP) is 3.64. The zero-order valence-corrected chi connectivity index (χ0v) is 14.2. The molecular weight excluding hydrogens is 357 g/mol. The van der Waals surface area contributed by atoms with Crippen LogP contribution in [0.25, 0.3) is 11.4 Å². The molecule has 1 atom stereocenters. The van der Waals surface area contributed by atoms with Gasteiger partial charge in [0, 0.05) is 23.5 Å². The highest BCUT2D eigenvalue weighted by Crippen LogP contribution is 2.32. The van der Waals surface area contributed by atoms with Crippen molar-refractivity contribution in [2.45, 2.75) is 18.6 Å². The third-order valence-electron chi connectivity index (χ3n) is 4.45.